The highest BCUT2D eigenvalue weighted by Crippen LogP contribution is 2.40. The number of aryl methyl sites for hydroxylation is 1. The van der Waals surface area contributed by atoms with Crippen LogP contribution in [0.2, 0.25) is 0 Å². The number of aromatic nitrogens is 3. The molecule has 2 aromatic heterocycles. The SMILES string of the molecule is C=C(c1nc(CCCNC(=O)c2cnn(C(C)(C)C)c2)cc2c(NC34CCN(CC3)C4)cccc12)C(F)(F)F. The van der Waals surface area contributed by atoms with Gasteiger partial charge in [0.15, 0.2) is 0 Å². The minimum atomic E-state index is -4.59. The van der Waals surface area contributed by atoms with Crippen LogP contribution >= 0.6 is 0 Å². The second-order valence-electron chi connectivity index (χ2n) is 11.7. The summed E-state index contributed by atoms with van der Waals surface area (Å²) in [4.78, 5) is 19.4. The van der Waals surface area contributed by atoms with E-state index in [1.807, 2.05) is 32.9 Å². The molecule has 2 saturated heterocycles. The van der Waals surface area contributed by atoms with Gasteiger partial charge in [-0.05, 0) is 58.6 Å². The van der Waals surface area contributed by atoms with Crippen molar-refractivity contribution in [1.82, 2.24) is 25.0 Å². The molecule has 2 aliphatic heterocycles. The molecule has 39 heavy (non-hydrogen) atoms. The highest BCUT2D eigenvalue weighted by atomic mass is 19.4. The number of nitrogens with one attached hydrogen (secondary N) is 2. The molecule has 2 fully saturated rings. The zero-order chi connectivity index (χ0) is 28.0. The number of fused-ring (bicyclic) bond motifs is 3. The van der Waals surface area contributed by atoms with E-state index in [2.05, 4.69) is 32.2 Å². The molecule has 2 aliphatic rings. The summed E-state index contributed by atoms with van der Waals surface area (Å²) in [7, 11) is 0. The van der Waals surface area contributed by atoms with Gasteiger partial charge < -0.3 is 15.5 Å². The van der Waals surface area contributed by atoms with Crippen LogP contribution in [0.25, 0.3) is 16.3 Å². The zero-order valence-electron chi connectivity index (χ0n) is 22.7. The quantitative estimate of drug-likeness (QED) is 0.375. The largest absolute Gasteiger partial charge is 0.417 e. The molecule has 0 aliphatic carbocycles. The fourth-order valence-corrected chi connectivity index (χ4v) is 5.49. The molecule has 2 bridgehead atoms. The summed E-state index contributed by atoms with van der Waals surface area (Å²) in [5.41, 5.74) is 0.426. The first-order valence-electron chi connectivity index (χ1n) is 13.4. The van der Waals surface area contributed by atoms with Crippen LogP contribution in [0.1, 0.15) is 61.8 Å². The van der Waals surface area contributed by atoms with E-state index < -0.39 is 11.7 Å². The number of amides is 1. The summed E-state index contributed by atoms with van der Waals surface area (Å²) in [5.74, 6) is -0.240. The molecular formula is C29H35F3N6O. The summed E-state index contributed by atoms with van der Waals surface area (Å²) in [6.07, 6.45) is 1.59. The number of rotatable bonds is 8. The van der Waals surface area contributed by atoms with Crippen molar-refractivity contribution < 1.29 is 18.0 Å². The number of carbonyl (C=O) groups is 1. The Morgan fingerprint density at radius 3 is 2.51 bits per heavy atom. The van der Waals surface area contributed by atoms with E-state index in [1.54, 1.807) is 23.0 Å². The van der Waals surface area contributed by atoms with Crippen LogP contribution in [0.15, 0.2) is 43.2 Å². The fraction of sp³-hybridized carbons (Fsp3) is 0.483. The zero-order valence-corrected chi connectivity index (χ0v) is 22.7. The summed E-state index contributed by atoms with van der Waals surface area (Å²) in [5, 5.41) is 12.0. The molecule has 1 aromatic carbocycles. The molecule has 7 nitrogen and oxygen atoms in total. The van der Waals surface area contributed by atoms with Crippen molar-refractivity contribution in [3.8, 4) is 0 Å². The van der Waals surface area contributed by atoms with Gasteiger partial charge in [0.25, 0.3) is 5.91 Å². The van der Waals surface area contributed by atoms with E-state index in [4.69, 9.17) is 0 Å². The van der Waals surface area contributed by atoms with Crippen LogP contribution in [0.4, 0.5) is 18.9 Å². The lowest BCUT2D eigenvalue weighted by atomic mass is 9.93. The smallest absolute Gasteiger partial charge is 0.378 e. The number of pyridine rings is 1. The Morgan fingerprint density at radius 2 is 1.90 bits per heavy atom. The van der Waals surface area contributed by atoms with Gasteiger partial charge in [-0.3, -0.25) is 14.5 Å². The summed E-state index contributed by atoms with van der Waals surface area (Å²) in [6.45, 7) is 12.7. The van der Waals surface area contributed by atoms with Crippen LogP contribution in [0.3, 0.4) is 0 Å². The van der Waals surface area contributed by atoms with Crippen molar-refractivity contribution in [2.45, 2.75) is 63.7 Å². The first kappa shape index (κ1) is 27.2. The Labute approximate surface area is 226 Å². The average Bonchev–Trinajstić information content (AvgIpc) is 3.62. The molecule has 10 heteroatoms. The van der Waals surface area contributed by atoms with Crippen LogP contribution < -0.4 is 10.6 Å². The summed E-state index contributed by atoms with van der Waals surface area (Å²) in [6, 6.07) is 7.25. The molecule has 1 amide bonds. The predicted octanol–water partition coefficient (Wildman–Crippen LogP) is 5.38. The maximum atomic E-state index is 13.8. The molecule has 208 valence electrons. The van der Waals surface area contributed by atoms with Gasteiger partial charge in [-0.2, -0.15) is 18.3 Å². The minimum absolute atomic E-state index is 0.0516. The highest BCUT2D eigenvalue weighted by Gasteiger charge is 2.43. The van der Waals surface area contributed by atoms with Crippen LogP contribution in [-0.2, 0) is 12.0 Å². The average molecular weight is 541 g/mol. The Kier molecular flexibility index (Phi) is 6.95. The Bertz CT molecular complexity index is 1400. The molecule has 0 spiro atoms. The second-order valence-corrected chi connectivity index (χ2v) is 11.7. The van der Waals surface area contributed by atoms with Crippen molar-refractivity contribution in [2.75, 3.05) is 31.5 Å². The van der Waals surface area contributed by atoms with E-state index in [1.165, 1.54) is 6.20 Å². The van der Waals surface area contributed by atoms with E-state index >= 15 is 0 Å². The molecule has 0 saturated carbocycles. The number of piperidine rings is 1. The number of benzene rings is 1. The minimum Gasteiger partial charge on any atom is -0.378 e. The maximum absolute atomic E-state index is 13.8. The topological polar surface area (TPSA) is 75.1 Å². The van der Waals surface area contributed by atoms with Gasteiger partial charge in [-0.1, -0.05) is 18.7 Å². The number of hydrogen-bond acceptors (Lipinski definition) is 5. The highest BCUT2D eigenvalue weighted by molar-refractivity contribution is 6.00. The standard InChI is InChI=1S/C29H35F3N6O/c1-19(29(30,31)32)25-22-8-5-9-24(36-28-10-13-37(18-28)14-11-28)23(22)15-21(35-25)7-6-12-33-26(39)20-16-34-38(17-20)27(2,3)4/h5,8-9,15-17,36H,1,6-7,10-14,18H2,2-4H3,(H,33,39). The lowest BCUT2D eigenvalue weighted by molar-refractivity contribution is -0.0688. The number of hydrogen-bond donors (Lipinski definition) is 2. The Morgan fingerprint density at radius 1 is 1.15 bits per heavy atom. The van der Waals surface area contributed by atoms with E-state index in [-0.39, 0.29) is 22.7 Å². The lowest BCUT2D eigenvalue weighted by Crippen LogP contribution is -2.36. The first-order valence-corrected chi connectivity index (χ1v) is 13.4. The van der Waals surface area contributed by atoms with Crippen molar-refractivity contribution >= 4 is 27.9 Å². The molecule has 4 heterocycles. The number of carbonyl (C=O) groups excluding carboxylic acids is 1. The number of anilines is 1. The molecule has 2 N–H and O–H groups in total. The molecule has 0 atom stereocenters. The molecular weight excluding hydrogens is 505 g/mol. The molecule has 0 unspecified atom stereocenters. The Hall–Kier alpha value is -3.40. The number of halogens is 3. The van der Waals surface area contributed by atoms with E-state index in [0.717, 1.165) is 38.2 Å². The van der Waals surface area contributed by atoms with Crippen molar-refractivity contribution in [3.63, 3.8) is 0 Å². The van der Waals surface area contributed by atoms with Crippen LogP contribution in [0, 0.1) is 0 Å². The number of allylic oxidation sites excluding steroid dienone is 1. The predicted molar refractivity (Wildman–Crippen MR) is 147 cm³/mol. The van der Waals surface area contributed by atoms with Crippen LogP contribution in [-0.4, -0.2) is 63.5 Å². The summed E-state index contributed by atoms with van der Waals surface area (Å²) >= 11 is 0. The van der Waals surface area contributed by atoms with Gasteiger partial charge in [0.2, 0.25) is 0 Å². The maximum Gasteiger partial charge on any atom is 0.417 e. The molecule has 5 rings (SSSR count). The van der Waals surface area contributed by atoms with Gasteiger partial charge in [0.1, 0.15) is 0 Å². The monoisotopic (exact) mass is 540 g/mol. The lowest BCUT2D eigenvalue weighted by Gasteiger charge is -2.29. The second kappa shape index (κ2) is 9.97. The van der Waals surface area contributed by atoms with Crippen molar-refractivity contribution in [2.24, 2.45) is 0 Å². The van der Waals surface area contributed by atoms with Crippen molar-refractivity contribution in [1.29, 1.82) is 0 Å². The van der Waals surface area contributed by atoms with E-state index in [0.29, 0.717) is 41.4 Å². The van der Waals surface area contributed by atoms with Gasteiger partial charge in [-0.25, -0.2) is 0 Å². The third kappa shape index (κ3) is 5.66. The number of nitrogens with zero attached hydrogens (tertiary/aromatic N) is 4. The Balaban J connectivity index is 1.35. The van der Waals surface area contributed by atoms with Gasteiger partial charge >= 0.3 is 6.18 Å². The van der Waals surface area contributed by atoms with Gasteiger partial charge in [0, 0.05) is 54.5 Å². The third-order valence-corrected chi connectivity index (χ3v) is 7.72. The number of alkyl halides is 3. The van der Waals surface area contributed by atoms with Gasteiger partial charge in [-0.15, -0.1) is 0 Å². The normalized spacial score (nSPS) is 20.9. The van der Waals surface area contributed by atoms with Crippen LogP contribution in [0.5, 0.6) is 0 Å². The van der Waals surface area contributed by atoms with Crippen molar-refractivity contribution in [3.05, 3.63) is 60.2 Å². The first-order chi connectivity index (χ1) is 18.3. The fourth-order valence-electron chi connectivity index (χ4n) is 5.49. The van der Waals surface area contributed by atoms with Gasteiger partial charge in [0.05, 0.1) is 34.1 Å². The third-order valence-electron chi connectivity index (χ3n) is 7.72. The summed E-state index contributed by atoms with van der Waals surface area (Å²) < 4.78 is 43.0. The van der Waals surface area contributed by atoms with E-state index in [9.17, 15) is 18.0 Å². The molecule has 0 radical (unpaired) electrons. The molecule has 3 aromatic rings.